The molecule has 88 valence electrons. The summed E-state index contributed by atoms with van der Waals surface area (Å²) >= 11 is 0. The fourth-order valence-electron chi connectivity index (χ4n) is 2.38. The van der Waals surface area contributed by atoms with Gasteiger partial charge in [0.15, 0.2) is 11.6 Å². The van der Waals surface area contributed by atoms with E-state index >= 15 is 0 Å². The van der Waals surface area contributed by atoms with Crippen molar-refractivity contribution in [3.63, 3.8) is 0 Å². The third-order valence-corrected chi connectivity index (χ3v) is 3.28. The molecule has 2 rings (SSSR count). The number of piperidine rings is 1. The van der Waals surface area contributed by atoms with Gasteiger partial charge in [0.1, 0.15) is 0 Å². The van der Waals surface area contributed by atoms with Gasteiger partial charge in [-0.2, -0.15) is 0 Å². The second kappa shape index (κ2) is 4.83. The molecule has 0 amide bonds. The molecule has 3 heteroatoms. The van der Waals surface area contributed by atoms with Crippen LogP contribution in [0.3, 0.4) is 0 Å². The molecule has 1 atom stereocenters. The van der Waals surface area contributed by atoms with E-state index < -0.39 is 0 Å². The highest BCUT2D eigenvalue weighted by molar-refractivity contribution is 5.38. The molecule has 1 fully saturated rings. The largest absolute Gasteiger partial charge is 0.494 e. The molecule has 0 saturated carbocycles. The first-order valence-corrected chi connectivity index (χ1v) is 5.77. The number of benzene rings is 1. The Morgan fingerprint density at radius 2 is 2.25 bits per heavy atom. The van der Waals surface area contributed by atoms with Crippen LogP contribution in [-0.2, 0) is 0 Å². The van der Waals surface area contributed by atoms with E-state index in [1.807, 2.05) is 13.0 Å². The summed E-state index contributed by atoms with van der Waals surface area (Å²) in [6.45, 7) is 4.04. The number of hydrogen-bond acceptors (Lipinski definition) is 2. The minimum atomic E-state index is -0.271. The molecule has 1 unspecified atom stereocenters. The van der Waals surface area contributed by atoms with Crippen molar-refractivity contribution in [1.82, 2.24) is 5.32 Å². The van der Waals surface area contributed by atoms with Crippen molar-refractivity contribution in [2.24, 2.45) is 0 Å². The Labute approximate surface area is 95.8 Å². The average molecular weight is 223 g/mol. The van der Waals surface area contributed by atoms with Crippen molar-refractivity contribution in [3.05, 3.63) is 29.1 Å². The smallest absolute Gasteiger partial charge is 0.165 e. The van der Waals surface area contributed by atoms with E-state index in [0.717, 1.165) is 18.7 Å². The van der Waals surface area contributed by atoms with E-state index in [-0.39, 0.29) is 5.82 Å². The topological polar surface area (TPSA) is 21.3 Å². The highest BCUT2D eigenvalue weighted by Gasteiger charge is 2.19. The summed E-state index contributed by atoms with van der Waals surface area (Å²) in [5.74, 6) is 0.571. The maximum atomic E-state index is 13.5. The molecule has 1 aliphatic heterocycles. The zero-order chi connectivity index (χ0) is 11.5. The zero-order valence-electron chi connectivity index (χ0n) is 9.85. The van der Waals surface area contributed by atoms with Crippen molar-refractivity contribution < 1.29 is 9.13 Å². The zero-order valence-corrected chi connectivity index (χ0v) is 9.85. The van der Waals surface area contributed by atoms with E-state index in [9.17, 15) is 4.39 Å². The van der Waals surface area contributed by atoms with Gasteiger partial charge in [0.25, 0.3) is 0 Å². The highest BCUT2D eigenvalue weighted by atomic mass is 19.1. The Morgan fingerprint density at radius 3 is 2.88 bits per heavy atom. The second-order valence-corrected chi connectivity index (χ2v) is 4.39. The monoisotopic (exact) mass is 223 g/mol. The van der Waals surface area contributed by atoms with E-state index in [1.54, 1.807) is 6.07 Å². The lowest BCUT2D eigenvalue weighted by Crippen LogP contribution is -2.28. The predicted octanol–water partition coefficient (Wildman–Crippen LogP) is 2.61. The Kier molecular flexibility index (Phi) is 3.44. The van der Waals surface area contributed by atoms with Crippen molar-refractivity contribution >= 4 is 0 Å². The van der Waals surface area contributed by atoms with Gasteiger partial charge < -0.3 is 10.1 Å². The highest BCUT2D eigenvalue weighted by Crippen LogP contribution is 2.30. The summed E-state index contributed by atoms with van der Waals surface area (Å²) in [4.78, 5) is 0. The second-order valence-electron chi connectivity index (χ2n) is 4.39. The number of hydrogen-bond donors (Lipinski definition) is 1. The van der Waals surface area contributed by atoms with Gasteiger partial charge in [-0.05, 0) is 55.5 Å². The van der Waals surface area contributed by atoms with Gasteiger partial charge >= 0.3 is 0 Å². The summed E-state index contributed by atoms with van der Waals surface area (Å²) in [6, 6.07) is 3.42. The third kappa shape index (κ3) is 2.19. The molecule has 16 heavy (non-hydrogen) atoms. The van der Waals surface area contributed by atoms with Crippen LogP contribution < -0.4 is 10.1 Å². The first-order valence-electron chi connectivity index (χ1n) is 5.77. The fourth-order valence-corrected chi connectivity index (χ4v) is 2.38. The SMILES string of the molecule is COc1cc(C2CCCNC2)c(C)cc1F. The Bertz CT molecular complexity index is 372. The fraction of sp³-hybridized carbons (Fsp3) is 0.538. The molecule has 0 radical (unpaired) electrons. The predicted molar refractivity (Wildman–Crippen MR) is 62.5 cm³/mol. The molecule has 0 spiro atoms. The van der Waals surface area contributed by atoms with Gasteiger partial charge in [0.05, 0.1) is 7.11 Å². The molecule has 1 heterocycles. The number of methoxy groups -OCH3 is 1. The Morgan fingerprint density at radius 1 is 1.44 bits per heavy atom. The minimum Gasteiger partial charge on any atom is -0.494 e. The van der Waals surface area contributed by atoms with Crippen molar-refractivity contribution in [3.8, 4) is 5.75 Å². The Hall–Kier alpha value is -1.09. The number of ether oxygens (including phenoxy) is 1. The lowest BCUT2D eigenvalue weighted by atomic mass is 9.88. The van der Waals surface area contributed by atoms with Crippen molar-refractivity contribution in [2.75, 3.05) is 20.2 Å². The van der Waals surface area contributed by atoms with Gasteiger partial charge in [-0.25, -0.2) is 4.39 Å². The lowest BCUT2D eigenvalue weighted by molar-refractivity contribution is 0.383. The maximum absolute atomic E-state index is 13.5. The molecule has 2 nitrogen and oxygen atoms in total. The van der Waals surface area contributed by atoms with Gasteiger partial charge in [0.2, 0.25) is 0 Å². The molecule has 0 bridgehead atoms. The summed E-state index contributed by atoms with van der Waals surface area (Å²) in [5, 5.41) is 3.38. The van der Waals surface area contributed by atoms with Gasteiger partial charge in [-0.15, -0.1) is 0 Å². The van der Waals surface area contributed by atoms with Gasteiger partial charge in [-0.1, -0.05) is 0 Å². The molecule has 1 N–H and O–H groups in total. The van der Waals surface area contributed by atoms with Crippen LogP contribution in [0.15, 0.2) is 12.1 Å². The molecule has 0 aliphatic carbocycles. The maximum Gasteiger partial charge on any atom is 0.165 e. The number of nitrogens with one attached hydrogen (secondary N) is 1. The van der Waals surface area contributed by atoms with E-state index in [0.29, 0.717) is 11.7 Å². The van der Waals surface area contributed by atoms with Gasteiger partial charge in [0, 0.05) is 6.54 Å². The first kappa shape index (κ1) is 11.4. The summed E-state index contributed by atoms with van der Waals surface area (Å²) < 4.78 is 18.5. The van der Waals surface area contributed by atoms with Crippen LogP contribution in [0.25, 0.3) is 0 Å². The van der Waals surface area contributed by atoms with Crippen LogP contribution in [0.5, 0.6) is 5.75 Å². The minimum absolute atomic E-state index is 0.271. The Balaban J connectivity index is 2.31. The van der Waals surface area contributed by atoms with Crippen LogP contribution >= 0.6 is 0 Å². The molecule has 1 aromatic rings. The summed E-state index contributed by atoms with van der Waals surface area (Å²) in [7, 11) is 1.51. The van der Waals surface area contributed by atoms with Crippen LogP contribution in [-0.4, -0.2) is 20.2 Å². The third-order valence-electron chi connectivity index (χ3n) is 3.28. The number of aryl methyl sites for hydroxylation is 1. The van der Waals surface area contributed by atoms with Gasteiger partial charge in [-0.3, -0.25) is 0 Å². The van der Waals surface area contributed by atoms with Crippen molar-refractivity contribution in [1.29, 1.82) is 0 Å². The van der Waals surface area contributed by atoms with Crippen LogP contribution in [0.1, 0.15) is 29.9 Å². The first-order chi connectivity index (χ1) is 7.72. The van der Waals surface area contributed by atoms with Crippen LogP contribution in [0, 0.1) is 12.7 Å². The molecule has 1 aromatic carbocycles. The van der Waals surface area contributed by atoms with Crippen LogP contribution in [0.2, 0.25) is 0 Å². The number of halogens is 1. The standard InChI is InChI=1S/C13H18FNO/c1-9-6-12(14)13(16-2)7-11(9)10-4-3-5-15-8-10/h6-7,10,15H,3-5,8H2,1-2H3. The van der Waals surface area contributed by atoms with E-state index in [1.165, 1.54) is 25.5 Å². The van der Waals surface area contributed by atoms with E-state index in [4.69, 9.17) is 4.74 Å². The summed E-state index contributed by atoms with van der Waals surface area (Å²) in [5.41, 5.74) is 2.23. The molecule has 1 aliphatic rings. The summed E-state index contributed by atoms with van der Waals surface area (Å²) in [6.07, 6.45) is 2.35. The quantitative estimate of drug-likeness (QED) is 0.832. The van der Waals surface area contributed by atoms with E-state index in [2.05, 4.69) is 5.32 Å². The lowest BCUT2D eigenvalue weighted by Gasteiger charge is -2.25. The average Bonchev–Trinajstić information content (AvgIpc) is 2.30. The normalized spacial score (nSPS) is 20.8. The molecular weight excluding hydrogens is 205 g/mol. The molecule has 0 aromatic heterocycles. The number of rotatable bonds is 2. The van der Waals surface area contributed by atoms with Crippen molar-refractivity contribution in [2.45, 2.75) is 25.7 Å². The molecule has 1 saturated heterocycles. The van der Waals surface area contributed by atoms with Crippen LogP contribution in [0.4, 0.5) is 4.39 Å². The molecular formula is C13H18FNO.